The highest BCUT2D eigenvalue weighted by molar-refractivity contribution is 8.18. The lowest BCUT2D eigenvalue weighted by Gasteiger charge is -2.14. The molecule has 2 aromatic carbocycles. The van der Waals surface area contributed by atoms with Gasteiger partial charge in [-0.05, 0) is 47.7 Å². The topological polar surface area (TPSA) is 55.8 Å². The van der Waals surface area contributed by atoms with Crippen LogP contribution in [0.4, 0.5) is 4.79 Å². The number of benzene rings is 2. The van der Waals surface area contributed by atoms with Crippen LogP contribution in [-0.4, -0.2) is 22.8 Å². The van der Waals surface area contributed by atoms with Crippen molar-refractivity contribution >= 4 is 52.2 Å². The van der Waals surface area contributed by atoms with Gasteiger partial charge in [-0.15, -0.1) is 0 Å². The van der Waals surface area contributed by atoms with E-state index in [1.165, 1.54) is 0 Å². The Hall–Kier alpha value is -2.15. The summed E-state index contributed by atoms with van der Waals surface area (Å²) in [6, 6.07) is 10.4. The van der Waals surface area contributed by atoms with Crippen molar-refractivity contribution in [3.8, 4) is 11.5 Å². The molecule has 0 spiro atoms. The maximum absolute atomic E-state index is 12.7. The van der Waals surface area contributed by atoms with Gasteiger partial charge in [0, 0.05) is 15.6 Å². The highest BCUT2D eigenvalue weighted by Crippen LogP contribution is 2.37. The summed E-state index contributed by atoms with van der Waals surface area (Å²) in [5.74, 6) is 0.887. The Morgan fingerprint density at radius 3 is 2.58 bits per heavy atom. The molecule has 26 heavy (non-hydrogen) atoms. The van der Waals surface area contributed by atoms with Crippen LogP contribution in [0.5, 0.6) is 11.5 Å². The summed E-state index contributed by atoms with van der Waals surface area (Å²) in [4.78, 5) is 26.4. The van der Waals surface area contributed by atoms with Gasteiger partial charge in [-0.25, -0.2) is 0 Å². The van der Waals surface area contributed by atoms with Crippen molar-refractivity contribution in [3.63, 3.8) is 0 Å². The van der Waals surface area contributed by atoms with Crippen molar-refractivity contribution in [2.24, 2.45) is 0 Å². The SMILES string of the molecule is O=C1S/C(=C/c2ccc3c(c2)OCO3)C(=O)N1Cc1c(Cl)cccc1Cl. The molecule has 5 nitrogen and oxygen atoms in total. The van der Waals surface area contributed by atoms with Crippen LogP contribution in [0.15, 0.2) is 41.3 Å². The largest absolute Gasteiger partial charge is 0.454 e. The Morgan fingerprint density at radius 2 is 1.81 bits per heavy atom. The number of carbonyl (C=O) groups excluding carboxylic acids is 2. The molecule has 0 atom stereocenters. The van der Waals surface area contributed by atoms with Gasteiger partial charge in [-0.3, -0.25) is 14.5 Å². The Balaban J connectivity index is 1.59. The van der Waals surface area contributed by atoms with E-state index < -0.39 is 0 Å². The summed E-state index contributed by atoms with van der Waals surface area (Å²) >= 11 is 13.2. The van der Waals surface area contributed by atoms with Gasteiger partial charge in [0.15, 0.2) is 11.5 Å². The molecular weight excluding hydrogens is 397 g/mol. The van der Waals surface area contributed by atoms with E-state index in [9.17, 15) is 9.59 Å². The first-order valence-electron chi connectivity index (χ1n) is 7.61. The molecule has 0 bridgehead atoms. The van der Waals surface area contributed by atoms with E-state index in [1.54, 1.807) is 42.5 Å². The van der Waals surface area contributed by atoms with Crippen molar-refractivity contribution in [1.82, 2.24) is 4.90 Å². The van der Waals surface area contributed by atoms with Crippen molar-refractivity contribution in [2.45, 2.75) is 6.54 Å². The van der Waals surface area contributed by atoms with E-state index in [-0.39, 0.29) is 24.5 Å². The minimum atomic E-state index is -0.381. The fraction of sp³-hybridized carbons (Fsp3) is 0.111. The van der Waals surface area contributed by atoms with Gasteiger partial charge < -0.3 is 9.47 Å². The van der Waals surface area contributed by atoms with Crippen molar-refractivity contribution < 1.29 is 19.1 Å². The predicted octanol–water partition coefficient (Wildman–Crippen LogP) is 4.96. The molecule has 0 aromatic heterocycles. The van der Waals surface area contributed by atoms with E-state index in [0.29, 0.717) is 32.0 Å². The number of carbonyl (C=O) groups is 2. The number of halogens is 2. The minimum Gasteiger partial charge on any atom is -0.454 e. The van der Waals surface area contributed by atoms with Crippen molar-refractivity contribution in [2.75, 3.05) is 6.79 Å². The first-order valence-corrected chi connectivity index (χ1v) is 9.18. The van der Waals surface area contributed by atoms with Gasteiger partial charge >= 0.3 is 0 Å². The van der Waals surface area contributed by atoms with Gasteiger partial charge in [0.1, 0.15) is 0 Å². The summed E-state index contributed by atoms with van der Waals surface area (Å²) in [7, 11) is 0. The number of fused-ring (bicyclic) bond motifs is 1. The molecule has 2 aromatic rings. The van der Waals surface area contributed by atoms with Crippen LogP contribution in [0.3, 0.4) is 0 Å². The molecular formula is C18H11Cl2NO4S. The summed E-state index contributed by atoms with van der Waals surface area (Å²) in [5, 5.41) is 0.464. The molecule has 0 radical (unpaired) electrons. The van der Waals surface area contributed by atoms with E-state index in [0.717, 1.165) is 22.2 Å². The zero-order valence-electron chi connectivity index (χ0n) is 13.2. The molecule has 0 N–H and O–H groups in total. The van der Waals surface area contributed by atoms with Gasteiger partial charge in [0.05, 0.1) is 11.4 Å². The van der Waals surface area contributed by atoms with E-state index in [1.807, 2.05) is 0 Å². The zero-order valence-corrected chi connectivity index (χ0v) is 15.5. The standard InChI is InChI=1S/C18H11Cl2NO4S/c19-12-2-1-3-13(20)11(12)8-21-17(22)16(26-18(21)23)7-10-4-5-14-15(6-10)25-9-24-14/h1-7H,8-9H2/b16-7+. The van der Waals surface area contributed by atoms with Gasteiger partial charge in [-0.2, -0.15) is 0 Å². The van der Waals surface area contributed by atoms with Gasteiger partial charge in [0.2, 0.25) is 6.79 Å². The number of amides is 2. The molecule has 0 unspecified atom stereocenters. The van der Waals surface area contributed by atoms with Crippen LogP contribution >= 0.6 is 35.0 Å². The normalized spacial score (nSPS) is 17.5. The summed E-state index contributed by atoms with van der Waals surface area (Å²) in [6.07, 6.45) is 1.65. The minimum absolute atomic E-state index is 0.0294. The fourth-order valence-electron chi connectivity index (χ4n) is 2.63. The van der Waals surface area contributed by atoms with Crippen LogP contribution in [-0.2, 0) is 11.3 Å². The lowest BCUT2D eigenvalue weighted by Crippen LogP contribution is -2.27. The van der Waals surface area contributed by atoms with Crippen LogP contribution in [0.25, 0.3) is 6.08 Å². The Bertz CT molecular complexity index is 940. The number of rotatable bonds is 3. The number of thioether (sulfide) groups is 1. The maximum atomic E-state index is 12.7. The molecule has 0 saturated carbocycles. The molecule has 2 aliphatic heterocycles. The second-order valence-electron chi connectivity index (χ2n) is 5.58. The van der Waals surface area contributed by atoms with Crippen LogP contribution in [0, 0.1) is 0 Å². The van der Waals surface area contributed by atoms with E-state index >= 15 is 0 Å². The number of imide groups is 1. The average molecular weight is 408 g/mol. The Morgan fingerprint density at radius 1 is 1.08 bits per heavy atom. The second kappa shape index (κ2) is 6.87. The molecule has 1 saturated heterocycles. The lowest BCUT2D eigenvalue weighted by atomic mass is 10.1. The molecule has 132 valence electrons. The van der Waals surface area contributed by atoms with Crippen LogP contribution in [0.2, 0.25) is 10.0 Å². The molecule has 2 amide bonds. The van der Waals surface area contributed by atoms with E-state index in [2.05, 4.69) is 0 Å². The number of hydrogen-bond donors (Lipinski definition) is 0. The summed E-state index contributed by atoms with van der Waals surface area (Å²) in [5.41, 5.74) is 1.29. The quantitative estimate of drug-likeness (QED) is 0.672. The number of nitrogens with zero attached hydrogens (tertiary/aromatic N) is 1. The van der Waals surface area contributed by atoms with Crippen LogP contribution < -0.4 is 9.47 Å². The number of ether oxygens (including phenoxy) is 2. The Labute approximate surface area is 163 Å². The third-order valence-electron chi connectivity index (χ3n) is 3.95. The monoisotopic (exact) mass is 407 g/mol. The highest BCUT2D eigenvalue weighted by atomic mass is 35.5. The zero-order chi connectivity index (χ0) is 18.3. The fourth-order valence-corrected chi connectivity index (χ4v) is 3.99. The first-order chi connectivity index (χ1) is 12.5. The number of hydrogen-bond acceptors (Lipinski definition) is 5. The van der Waals surface area contributed by atoms with Crippen LogP contribution in [0.1, 0.15) is 11.1 Å². The van der Waals surface area contributed by atoms with E-state index in [4.69, 9.17) is 32.7 Å². The third kappa shape index (κ3) is 3.16. The highest BCUT2D eigenvalue weighted by Gasteiger charge is 2.35. The molecule has 8 heteroatoms. The second-order valence-corrected chi connectivity index (χ2v) is 7.39. The molecule has 1 fully saturated rings. The van der Waals surface area contributed by atoms with Crippen molar-refractivity contribution in [3.05, 3.63) is 62.5 Å². The smallest absolute Gasteiger partial charge is 0.293 e. The lowest BCUT2D eigenvalue weighted by molar-refractivity contribution is -0.123. The van der Waals surface area contributed by atoms with Crippen molar-refractivity contribution in [1.29, 1.82) is 0 Å². The average Bonchev–Trinajstić information content (AvgIpc) is 3.17. The molecule has 4 rings (SSSR count). The Kier molecular flexibility index (Phi) is 4.56. The maximum Gasteiger partial charge on any atom is 0.293 e. The first kappa shape index (κ1) is 17.3. The molecule has 0 aliphatic carbocycles. The predicted molar refractivity (Wildman–Crippen MR) is 101 cm³/mol. The summed E-state index contributed by atoms with van der Waals surface area (Å²) in [6.45, 7) is 0.204. The summed E-state index contributed by atoms with van der Waals surface area (Å²) < 4.78 is 10.6. The van der Waals surface area contributed by atoms with Gasteiger partial charge in [-0.1, -0.05) is 35.3 Å². The molecule has 2 heterocycles. The molecule has 2 aliphatic rings. The van der Waals surface area contributed by atoms with Gasteiger partial charge in [0.25, 0.3) is 11.1 Å². The third-order valence-corrected chi connectivity index (χ3v) is 5.56.